The Kier molecular flexibility index (Phi) is 43.7. The van der Waals surface area contributed by atoms with Crippen molar-refractivity contribution < 1.29 is 24.5 Å². The van der Waals surface area contributed by atoms with Crippen LogP contribution in [0.4, 0.5) is 0 Å². The van der Waals surface area contributed by atoms with E-state index in [9.17, 15) is 19.8 Å². The molecule has 56 heavy (non-hydrogen) atoms. The number of unbranched alkanes of at least 4 members (excludes halogenated alkanes) is 26. The monoisotopic (exact) mass is 786 g/mol. The van der Waals surface area contributed by atoms with Crippen molar-refractivity contribution in [1.82, 2.24) is 5.32 Å². The van der Waals surface area contributed by atoms with Gasteiger partial charge in [-0.3, -0.25) is 9.59 Å². The van der Waals surface area contributed by atoms with Crippen LogP contribution in [0.5, 0.6) is 0 Å². The number of aliphatic hydroxyl groups is 2. The van der Waals surface area contributed by atoms with Crippen LogP contribution in [0.2, 0.25) is 0 Å². The topological polar surface area (TPSA) is 95.9 Å². The number of nitrogens with one attached hydrogen (secondary N) is 1. The highest BCUT2D eigenvalue weighted by molar-refractivity contribution is 5.76. The molecule has 0 spiro atoms. The predicted octanol–water partition coefficient (Wildman–Crippen LogP) is 13.9. The first-order chi connectivity index (χ1) is 27.5. The van der Waals surface area contributed by atoms with Crippen molar-refractivity contribution in [3.8, 4) is 0 Å². The van der Waals surface area contributed by atoms with E-state index in [4.69, 9.17) is 4.74 Å². The van der Waals surface area contributed by atoms with E-state index in [1.165, 1.54) is 109 Å². The second kappa shape index (κ2) is 45.5. The van der Waals surface area contributed by atoms with Gasteiger partial charge in [-0.2, -0.15) is 0 Å². The maximum atomic E-state index is 12.4. The van der Waals surface area contributed by atoms with Crippen LogP contribution >= 0.6 is 0 Å². The van der Waals surface area contributed by atoms with Gasteiger partial charge in [0, 0.05) is 12.8 Å². The van der Waals surface area contributed by atoms with Crippen molar-refractivity contribution in [2.24, 2.45) is 0 Å². The first-order valence-corrected chi connectivity index (χ1v) is 23.9. The van der Waals surface area contributed by atoms with Crippen molar-refractivity contribution in [3.05, 3.63) is 48.6 Å². The number of aliphatic hydroxyl groups excluding tert-OH is 2. The normalized spacial score (nSPS) is 13.1. The second-order valence-corrected chi connectivity index (χ2v) is 16.1. The lowest BCUT2D eigenvalue weighted by atomic mass is 10.0. The van der Waals surface area contributed by atoms with E-state index in [2.05, 4.69) is 55.6 Å². The van der Waals surface area contributed by atoms with Gasteiger partial charge in [-0.25, -0.2) is 0 Å². The molecule has 0 radical (unpaired) electrons. The molecule has 0 heterocycles. The fraction of sp³-hybridized carbons (Fsp3) is 0.800. The highest BCUT2D eigenvalue weighted by atomic mass is 16.5. The molecule has 2 unspecified atom stereocenters. The maximum absolute atomic E-state index is 12.4. The minimum Gasteiger partial charge on any atom is -0.466 e. The van der Waals surface area contributed by atoms with E-state index < -0.39 is 12.1 Å². The Hall–Kier alpha value is -2.18. The van der Waals surface area contributed by atoms with Crippen molar-refractivity contribution in [3.63, 3.8) is 0 Å². The van der Waals surface area contributed by atoms with E-state index in [0.29, 0.717) is 19.4 Å². The molecular formula is C50H91NO5. The van der Waals surface area contributed by atoms with Crippen molar-refractivity contribution in [1.29, 1.82) is 0 Å². The zero-order chi connectivity index (χ0) is 40.8. The zero-order valence-corrected chi connectivity index (χ0v) is 36.8. The largest absolute Gasteiger partial charge is 0.466 e. The van der Waals surface area contributed by atoms with E-state index in [1.807, 2.05) is 6.08 Å². The number of ether oxygens (including phenoxy) is 1. The fourth-order valence-corrected chi connectivity index (χ4v) is 6.83. The second-order valence-electron chi connectivity index (χ2n) is 16.1. The SMILES string of the molecule is CCCCC/C=C\C/C=C\CCCCCCCC(=O)OCCCC/C=C\CCCCCCCC(=O)NC(CO)C(O)/C=C/CCCCCCCCCCCCC. The summed E-state index contributed by atoms with van der Waals surface area (Å²) in [6.45, 7) is 4.77. The van der Waals surface area contributed by atoms with Gasteiger partial charge in [0.25, 0.3) is 0 Å². The van der Waals surface area contributed by atoms with Gasteiger partial charge in [-0.15, -0.1) is 0 Å². The smallest absolute Gasteiger partial charge is 0.305 e. The minimum atomic E-state index is -0.863. The quantitative estimate of drug-likeness (QED) is 0.0325. The highest BCUT2D eigenvalue weighted by Crippen LogP contribution is 2.13. The van der Waals surface area contributed by atoms with Crippen molar-refractivity contribution in [2.45, 2.75) is 244 Å². The van der Waals surface area contributed by atoms with Crippen molar-refractivity contribution in [2.75, 3.05) is 13.2 Å². The average Bonchev–Trinajstić information content (AvgIpc) is 3.20. The molecule has 0 saturated carbocycles. The van der Waals surface area contributed by atoms with Crippen LogP contribution in [0.15, 0.2) is 48.6 Å². The molecule has 0 aromatic carbocycles. The molecule has 6 heteroatoms. The molecule has 0 aromatic heterocycles. The Bertz CT molecular complexity index is 957. The number of rotatable bonds is 43. The molecule has 0 bridgehead atoms. The first-order valence-electron chi connectivity index (χ1n) is 23.9. The summed E-state index contributed by atoms with van der Waals surface area (Å²) >= 11 is 0. The van der Waals surface area contributed by atoms with Gasteiger partial charge in [-0.05, 0) is 89.9 Å². The number of carbonyl (C=O) groups excluding carboxylic acids is 2. The van der Waals surface area contributed by atoms with Gasteiger partial charge in [0.1, 0.15) is 0 Å². The van der Waals surface area contributed by atoms with Gasteiger partial charge in [-0.1, -0.05) is 178 Å². The van der Waals surface area contributed by atoms with Gasteiger partial charge in [0.05, 0.1) is 25.4 Å². The van der Waals surface area contributed by atoms with Crippen molar-refractivity contribution >= 4 is 11.9 Å². The number of allylic oxidation sites excluding steroid dienone is 7. The van der Waals surface area contributed by atoms with Crippen LogP contribution in [-0.2, 0) is 14.3 Å². The van der Waals surface area contributed by atoms with E-state index in [-0.39, 0.29) is 18.5 Å². The summed E-state index contributed by atoms with van der Waals surface area (Å²) < 4.78 is 5.42. The molecule has 0 aliphatic rings. The van der Waals surface area contributed by atoms with E-state index in [0.717, 1.165) is 96.3 Å². The lowest BCUT2D eigenvalue weighted by Crippen LogP contribution is -2.45. The maximum Gasteiger partial charge on any atom is 0.305 e. The Balaban J connectivity index is 3.58. The number of amides is 1. The fourth-order valence-electron chi connectivity index (χ4n) is 6.83. The molecule has 2 atom stereocenters. The molecule has 1 amide bonds. The Labute approximate surface area is 346 Å². The summed E-state index contributed by atoms with van der Waals surface area (Å²) in [5, 5.41) is 23.0. The van der Waals surface area contributed by atoms with Crippen LogP contribution in [0.3, 0.4) is 0 Å². The Morgan fingerprint density at radius 2 is 0.893 bits per heavy atom. The molecule has 6 nitrogen and oxygen atoms in total. The lowest BCUT2D eigenvalue weighted by Gasteiger charge is -2.20. The lowest BCUT2D eigenvalue weighted by molar-refractivity contribution is -0.143. The number of esters is 1. The third kappa shape index (κ3) is 41.5. The summed E-state index contributed by atoms with van der Waals surface area (Å²) in [6, 6.07) is -0.649. The van der Waals surface area contributed by atoms with Crippen LogP contribution in [0, 0.1) is 0 Å². The molecule has 326 valence electrons. The first kappa shape index (κ1) is 53.8. The third-order valence-corrected chi connectivity index (χ3v) is 10.6. The van der Waals surface area contributed by atoms with Crippen LogP contribution in [-0.4, -0.2) is 47.4 Å². The molecule has 0 saturated heterocycles. The average molecular weight is 786 g/mol. The standard InChI is InChI=1S/C50H91NO5/c1-3-5-7-9-11-13-15-17-18-20-24-28-32-36-40-44-50(55)56-45-41-37-33-29-25-21-23-27-31-35-39-43-49(54)51-47(46-52)48(53)42-38-34-30-26-22-19-16-14-12-10-8-6-4-2/h11,13,17-18,25,29,38,42,47-48,52-53H,3-10,12,14-16,19-24,26-28,30-37,39-41,43-46H2,1-2H3,(H,51,54)/b13-11-,18-17-,29-25-,42-38+. The van der Waals surface area contributed by atoms with E-state index in [1.54, 1.807) is 6.08 Å². The molecule has 0 aromatic rings. The summed E-state index contributed by atoms with van der Waals surface area (Å²) in [4.78, 5) is 24.4. The summed E-state index contributed by atoms with van der Waals surface area (Å²) in [6.07, 6.45) is 55.3. The summed E-state index contributed by atoms with van der Waals surface area (Å²) in [5.74, 6) is -0.149. The zero-order valence-electron chi connectivity index (χ0n) is 36.8. The molecule has 0 aliphatic carbocycles. The summed E-state index contributed by atoms with van der Waals surface area (Å²) in [5.41, 5.74) is 0. The van der Waals surface area contributed by atoms with Crippen LogP contribution in [0.1, 0.15) is 232 Å². The summed E-state index contributed by atoms with van der Waals surface area (Å²) in [7, 11) is 0. The Morgan fingerprint density at radius 1 is 0.500 bits per heavy atom. The number of carbonyl (C=O) groups is 2. The molecule has 0 rings (SSSR count). The van der Waals surface area contributed by atoms with Gasteiger partial charge in [0.2, 0.25) is 5.91 Å². The molecule has 0 fully saturated rings. The Morgan fingerprint density at radius 3 is 1.41 bits per heavy atom. The van der Waals surface area contributed by atoms with Gasteiger partial charge >= 0.3 is 5.97 Å². The predicted molar refractivity (Wildman–Crippen MR) is 241 cm³/mol. The molecule has 3 N–H and O–H groups in total. The number of hydrogen-bond acceptors (Lipinski definition) is 5. The highest BCUT2D eigenvalue weighted by Gasteiger charge is 2.18. The molecule has 0 aliphatic heterocycles. The van der Waals surface area contributed by atoms with Gasteiger partial charge in [0.15, 0.2) is 0 Å². The van der Waals surface area contributed by atoms with E-state index >= 15 is 0 Å². The number of hydrogen-bond donors (Lipinski definition) is 3. The third-order valence-electron chi connectivity index (χ3n) is 10.6. The van der Waals surface area contributed by atoms with Crippen LogP contribution < -0.4 is 5.32 Å². The minimum absolute atomic E-state index is 0.0483. The van der Waals surface area contributed by atoms with Gasteiger partial charge < -0.3 is 20.3 Å². The van der Waals surface area contributed by atoms with Crippen LogP contribution in [0.25, 0.3) is 0 Å². The molecular weight excluding hydrogens is 695 g/mol.